The average molecular weight is 473 g/mol. The van der Waals surface area contributed by atoms with Crippen LogP contribution in [0.4, 0.5) is 0 Å². The Morgan fingerprint density at radius 2 is 1.26 bits per heavy atom. The highest BCUT2D eigenvalue weighted by Gasteiger charge is 2.18. The maximum absolute atomic E-state index is 11.5. The van der Waals surface area contributed by atoms with Gasteiger partial charge in [-0.1, -0.05) is 76.9 Å². The van der Waals surface area contributed by atoms with Gasteiger partial charge < -0.3 is 9.84 Å². The Morgan fingerprint density at radius 1 is 0.743 bits per heavy atom. The van der Waals surface area contributed by atoms with Crippen LogP contribution in [0, 0.1) is 0 Å². The molecular formula is C33H44O2. The van der Waals surface area contributed by atoms with E-state index in [1.165, 1.54) is 22.3 Å². The van der Waals surface area contributed by atoms with Gasteiger partial charge in [0.05, 0.1) is 7.11 Å². The highest BCUT2D eigenvalue weighted by molar-refractivity contribution is 5.74. The molecule has 0 fully saturated rings. The molecule has 2 nitrogen and oxygen atoms in total. The van der Waals surface area contributed by atoms with E-state index in [1.807, 2.05) is 18.2 Å². The molecule has 2 aromatic carbocycles. The fourth-order valence-electron chi connectivity index (χ4n) is 4.13. The molecule has 0 heterocycles. The van der Waals surface area contributed by atoms with Crippen LogP contribution in [0.3, 0.4) is 0 Å². The molecule has 0 aliphatic heterocycles. The van der Waals surface area contributed by atoms with Gasteiger partial charge in [0, 0.05) is 11.1 Å². The van der Waals surface area contributed by atoms with Gasteiger partial charge >= 0.3 is 0 Å². The van der Waals surface area contributed by atoms with E-state index in [0.717, 1.165) is 53.7 Å². The predicted octanol–water partition coefficient (Wildman–Crippen LogP) is 9.54. The van der Waals surface area contributed by atoms with Crippen molar-refractivity contribution in [1.29, 1.82) is 0 Å². The molecule has 188 valence electrons. The molecule has 0 atom stereocenters. The van der Waals surface area contributed by atoms with Crippen molar-refractivity contribution >= 4 is 0 Å². The van der Waals surface area contributed by atoms with Crippen LogP contribution in [-0.2, 0) is 12.8 Å². The summed E-state index contributed by atoms with van der Waals surface area (Å²) < 4.78 is 5.77. The second kappa shape index (κ2) is 14.4. The summed E-state index contributed by atoms with van der Waals surface area (Å²) in [4.78, 5) is 0. The van der Waals surface area contributed by atoms with Crippen LogP contribution in [0.15, 0.2) is 83.0 Å². The zero-order valence-corrected chi connectivity index (χ0v) is 22.9. The Bertz CT molecular complexity index is 1070. The van der Waals surface area contributed by atoms with E-state index in [0.29, 0.717) is 18.6 Å². The number of rotatable bonds is 12. The van der Waals surface area contributed by atoms with Crippen molar-refractivity contribution in [1.82, 2.24) is 0 Å². The summed E-state index contributed by atoms with van der Waals surface area (Å²) >= 11 is 0. The van der Waals surface area contributed by atoms with Gasteiger partial charge in [0.25, 0.3) is 0 Å². The van der Waals surface area contributed by atoms with Crippen LogP contribution < -0.4 is 4.74 Å². The molecule has 0 unspecified atom stereocenters. The van der Waals surface area contributed by atoms with E-state index >= 15 is 0 Å². The Kier molecular flexibility index (Phi) is 11.6. The van der Waals surface area contributed by atoms with Crippen LogP contribution in [-0.4, -0.2) is 12.2 Å². The lowest BCUT2D eigenvalue weighted by Gasteiger charge is -2.18. The fraction of sp³-hybridized carbons (Fsp3) is 0.394. The lowest BCUT2D eigenvalue weighted by atomic mass is 9.91. The number of allylic oxidation sites excluding steroid dienone is 8. The number of aromatic hydroxyl groups is 1. The Morgan fingerprint density at radius 3 is 1.74 bits per heavy atom. The molecule has 35 heavy (non-hydrogen) atoms. The van der Waals surface area contributed by atoms with E-state index in [1.54, 1.807) is 7.11 Å². The molecule has 2 aromatic rings. The normalized spacial score (nSPS) is 11.9. The molecule has 0 saturated carbocycles. The van der Waals surface area contributed by atoms with Gasteiger partial charge in [-0.2, -0.15) is 0 Å². The Hall–Kier alpha value is -3.00. The van der Waals surface area contributed by atoms with Crippen LogP contribution in [0.5, 0.6) is 11.5 Å². The molecule has 2 rings (SSSR count). The van der Waals surface area contributed by atoms with Gasteiger partial charge in [0.2, 0.25) is 0 Å². The van der Waals surface area contributed by atoms with E-state index in [4.69, 9.17) is 4.74 Å². The summed E-state index contributed by atoms with van der Waals surface area (Å²) in [6.07, 6.45) is 14.5. The molecule has 0 aliphatic rings. The third-order valence-corrected chi connectivity index (χ3v) is 6.27. The standard InChI is InChI=1S/C33H44O2/c1-24(2)13-11-15-26(5)19-21-29-31(28-17-9-8-10-18-28)23-32(35-7)30(33(29)34)22-20-27(6)16-12-14-25(3)4/h8-10,13-14,17-20,23,34H,11-12,15-16,21-22H2,1-7H3. The van der Waals surface area contributed by atoms with Crippen molar-refractivity contribution in [3.63, 3.8) is 0 Å². The summed E-state index contributed by atoms with van der Waals surface area (Å²) in [6, 6.07) is 12.4. The number of phenols is 1. The summed E-state index contributed by atoms with van der Waals surface area (Å²) in [5, 5.41) is 11.5. The largest absolute Gasteiger partial charge is 0.507 e. The first-order chi connectivity index (χ1) is 16.7. The van der Waals surface area contributed by atoms with Gasteiger partial charge in [0.1, 0.15) is 11.5 Å². The van der Waals surface area contributed by atoms with E-state index in [9.17, 15) is 5.11 Å². The number of ether oxygens (including phenoxy) is 1. The highest BCUT2D eigenvalue weighted by Crippen LogP contribution is 2.40. The molecule has 1 N–H and O–H groups in total. The second-order valence-corrected chi connectivity index (χ2v) is 9.95. The molecule has 0 bridgehead atoms. The van der Waals surface area contributed by atoms with Crippen LogP contribution in [0.25, 0.3) is 11.1 Å². The van der Waals surface area contributed by atoms with Crippen LogP contribution >= 0.6 is 0 Å². The number of benzene rings is 2. The maximum atomic E-state index is 11.5. The molecule has 0 radical (unpaired) electrons. The second-order valence-electron chi connectivity index (χ2n) is 9.95. The lowest BCUT2D eigenvalue weighted by Crippen LogP contribution is -1.99. The minimum absolute atomic E-state index is 0.352. The van der Waals surface area contributed by atoms with Crippen molar-refractivity contribution in [3.05, 3.63) is 94.1 Å². The van der Waals surface area contributed by atoms with Gasteiger partial charge in [-0.25, -0.2) is 0 Å². The fourth-order valence-corrected chi connectivity index (χ4v) is 4.13. The van der Waals surface area contributed by atoms with Crippen LogP contribution in [0.2, 0.25) is 0 Å². The topological polar surface area (TPSA) is 29.5 Å². The number of hydrogen-bond donors (Lipinski definition) is 1. The SMILES string of the molecule is COc1cc(-c2ccccc2)c(CC=C(C)CCC=C(C)C)c(O)c1CC=C(C)CCC=C(C)C. The quantitative estimate of drug-likeness (QED) is 0.312. The summed E-state index contributed by atoms with van der Waals surface area (Å²) in [6.45, 7) is 12.9. The summed E-state index contributed by atoms with van der Waals surface area (Å²) in [7, 11) is 1.69. The number of phenolic OH excluding ortho intramolecular Hbond substituents is 1. The third-order valence-electron chi connectivity index (χ3n) is 6.27. The summed E-state index contributed by atoms with van der Waals surface area (Å²) in [5.41, 5.74) is 9.31. The smallest absolute Gasteiger partial charge is 0.126 e. The lowest BCUT2D eigenvalue weighted by molar-refractivity contribution is 0.400. The Labute approximate surface area is 213 Å². The number of hydrogen-bond acceptors (Lipinski definition) is 2. The van der Waals surface area contributed by atoms with Gasteiger partial charge in [-0.05, 0) is 97.3 Å². The first-order valence-corrected chi connectivity index (χ1v) is 12.8. The molecule has 0 saturated heterocycles. The van der Waals surface area contributed by atoms with Crippen molar-refractivity contribution < 1.29 is 9.84 Å². The van der Waals surface area contributed by atoms with Crippen molar-refractivity contribution in [2.45, 2.75) is 80.1 Å². The van der Waals surface area contributed by atoms with Gasteiger partial charge in [0.15, 0.2) is 0 Å². The van der Waals surface area contributed by atoms with Crippen molar-refractivity contribution in [3.8, 4) is 22.6 Å². The highest BCUT2D eigenvalue weighted by atomic mass is 16.5. The zero-order chi connectivity index (χ0) is 25.8. The molecule has 0 aromatic heterocycles. The van der Waals surface area contributed by atoms with Crippen molar-refractivity contribution in [2.24, 2.45) is 0 Å². The first kappa shape index (κ1) is 28.2. The van der Waals surface area contributed by atoms with Gasteiger partial charge in [-0.3, -0.25) is 0 Å². The molecule has 0 aliphatic carbocycles. The third kappa shape index (κ3) is 9.28. The number of methoxy groups -OCH3 is 1. The zero-order valence-electron chi connectivity index (χ0n) is 22.9. The molecular weight excluding hydrogens is 428 g/mol. The average Bonchev–Trinajstić information content (AvgIpc) is 2.82. The molecule has 0 amide bonds. The monoisotopic (exact) mass is 472 g/mol. The molecule has 0 spiro atoms. The summed E-state index contributed by atoms with van der Waals surface area (Å²) in [5.74, 6) is 1.09. The van der Waals surface area contributed by atoms with Crippen molar-refractivity contribution in [2.75, 3.05) is 7.11 Å². The Balaban J connectivity index is 2.43. The minimum Gasteiger partial charge on any atom is -0.507 e. The molecule has 2 heteroatoms. The van der Waals surface area contributed by atoms with E-state index < -0.39 is 0 Å². The van der Waals surface area contributed by atoms with Gasteiger partial charge in [-0.15, -0.1) is 0 Å². The minimum atomic E-state index is 0.352. The maximum Gasteiger partial charge on any atom is 0.126 e. The van der Waals surface area contributed by atoms with E-state index in [-0.39, 0.29) is 0 Å². The van der Waals surface area contributed by atoms with Crippen LogP contribution in [0.1, 0.15) is 78.4 Å². The first-order valence-electron chi connectivity index (χ1n) is 12.8. The predicted molar refractivity (Wildman–Crippen MR) is 152 cm³/mol. The van der Waals surface area contributed by atoms with E-state index in [2.05, 4.69) is 84.0 Å².